The number of amides is 4. The number of halogens is 1. The highest BCUT2D eigenvalue weighted by Gasteiger charge is 2.42. The average molecular weight is 454 g/mol. The summed E-state index contributed by atoms with van der Waals surface area (Å²) in [4.78, 5) is 39.3. The first kappa shape index (κ1) is 23.9. The molecule has 0 aliphatic carbocycles. The molecule has 0 saturated carbocycles. The number of nitrogens with zero attached hydrogens (tertiary/aromatic N) is 5. The third-order valence-electron chi connectivity index (χ3n) is 5.75. The van der Waals surface area contributed by atoms with Crippen LogP contribution in [0, 0.1) is 11.3 Å². The zero-order valence-electron chi connectivity index (χ0n) is 18.8. The fourth-order valence-electron chi connectivity index (χ4n) is 3.80. The minimum atomic E-state index is -1.21. The van der Waals surface area contributed by atoms with Crippen LogP contribution in [0.1, 0.15) is 32.9 Å². The Morgan fingerprint density at radius 2 is 2.06 bits per heavy atom. The van der Waals surface area contributed by atoms with Crippen molar-refractivity contribution in [2.24, 2.45) is 17.1 Å². The van der Waals surface area contributed by atoms with Crippen LogP contribution in [0.2, 0.25) is 0 Å². The summed E-state index contributed by atoms with van der Waals surface area (Å²) in [5.41, 5.74) is 5.26. The van der Waals surface area contributed by atoms with Gasteiger partial charge in [0.1, 0.15) is 17.9 Å². The van der Waals surface area contributed by atoms with Crippen molar-refractivity contribution in [2.45, 2.75) is 52.5 Å². The minimum absolute atomic E-state index is 0.000897. The monoisotopic (exact) mass is 453 g/mol. The maximum atomic E-state index is 14.8. The Morgan fingerprint density at radius 1 is 1.34 bits per heavy atom. The van der Waals surface area contributed by atoms with Gasteiger partial charge in [-0.1, -0.05) is 26.0 Å². The number of likely N-dealkylation sites (tertiary alicyclic amines) is 1. The minimum Gasteiger partial charge on any atom is -0.379 e. The largest absolute Gasteiger partial charge is 0.379 e. The highest BCUT2D eigenvalue weighted by Crippen LogP contribution is 2.27. The molecule has 2 unspecified atom stereocenters. The fraction of sp³-hybridized carbons (Fsp3) is 0.750. The predicted octanol–water partition coefficient (Wildman–Crippen LogP) is -0.0935. The van der Waals surface area contributed by atoms with Crippen LogP contribution in [0.3, 0.4) is 0 Å². The molecule has 2 saturated heterocycles. The van der Waals surface area contributed by atoms with Gasteiger partial charge in [-0.2, -0.15) is 0 Å². The second kappa shape index (κ2) is 9.80. The smallest absolute Gasteiger partial charge is 0.312 e. The van der Waals surface area contributed by atoms with Crippen LogP contribution >= 0.6 is 0 Å². The van der Waals surface area contributed by atoms with Crippen LogP contribution in [-0.2, 0) is 27.4 Å². The lowest BCUT2D eigenvalue weighted by molar-refractivity contribution is -0.144. The molecule has 3 rings (SSSR count). The van der Waals surface area contributed by atoms with Crippen molar-refractivity contribution in [3.63, 3.8) is 0 Å². The summed E-state index contributed by atoms with van der Waals surface area (Å²) < 4.78 is 21.5. The van der Waals surface area contributed by atoms with Gasteiger partial charge in [-0.05, 0) is 5.41 Å². The van der Waals surface area contributed by atoms with Crippen LogP contribution < -0.4 is 11.1 Å². The van der Waals surface area contributed by atoms with E-state index in [0.29, 0.717) is 38.4 Å². The van der Waals surface area contributed by atoms with Crippen molar-refractivity contribution >= 4 is 17.8 Å². The number of ether oxygens (including phenoxy) is 1. The molecule has 178 valence electrons. The molecular formula is C20H32FN7O4. The summed E-state index contributed by atoms with van der Waals surface area (Å²) in [6, 6.07) is -1.54. The molecule has 12 heteroatoms. The lowest BCUT2D eigenvalue weighted by Crippen LogP contribution is -2.62. The molecule has 3 heterocycles. The zero-order valence-corrected chi connectivity index (χ0v) is 18.8. The lowest BCUT2D eigenvalue weighted by Gasteiger charge is -2.44. The number of aromatic nitrogens is 3. The molecule has 0 spiro atoms. The average Bonchev–Trinajstić information content (AvgIpc) is 2.98. The van der Waals surface area contributed by atoms with Crippen LogP contribution in [-0.4, -0.2) is 87.7 Å². The van der Waals surface area contributed by atoms with Gasteiger partial charge in [-0.15, -0.1) is 5.10 Å². The van der Waals surface area contributed by atoms with Crippen molar-refractivity contribution in [3.05, 3.63) is 11.9 Å². The van der Waals surface area contributed by atoms with Crippen LogP contribution in [0.4, 0.5) is 9.18 Å². The Balaban J connectivity index is 1.49. The number of carbonyl (C=O) groups excluding carboxylic acids is 3. The number of hydrogen-bond acceptors (Lipinski definition) is 6. The van der Waals surface area contributed by atoms with Gasteiger partial charge in [-0.3, -0.25) is 9.59 Å². The standard InChI is InChI=1S/C20H32FN7O4/c1-20(2,3)17(23-19(22)31)18(30)27-8-13(9-27)15(21)12-28-11-14(24-25-28)10-26-5-7-32-6-4-16(26)29/h11,13,15,17H,4-10,12H2,1-3H3,(H3,22,23,31). The van der Waals surface area contributed by atoms with Crippen molar-refractivity contribution < 1.29 is 23.5 Å². The Hall–Kier alpha value is -2.76. The first-order valence-corrected chi connectivity index (χ1v) is 10.8. The van der Waals surface area contributed by atoms with Gasteiger partial charge >= 0.3 is 6.03 Å². The number of carbonyl (C=O) groups is 3. The molecule has 0 radical (unpaired) electrons. The summed E-state index contributed by atoms with van der Waals surface area (Å²) in [5.74, 6) is -0.599. The maximum absolute atomic E-state index is 14.8. The van der Waals surface area contributed by atoms with Gasteiger partial charge in [0, 0.05) is 25.6 Å². The van der Waals surface area contributed by atoms with E-state index >= 15 is 0 Å². The molecule has 11 nitrogen and oxygen atoms in total. The predicted molar refractivity (Wildman–Crippen MR) is 112 cm³/mol. The second-order valence-electron chi connectivity index (χ2n) is 9.44. The zero-order chi connectivity index (χ0) is 23.5. The number of alkyl halides is 1. The third-order valence-corrected chi connectivity index (χ3v) is 5.75. The van der Waals surface area contributed by atoms with Crippen LogP contribution in [0.5, 0.6) is 0 Å². The van der Waals surface area contributed by atoms with Crippen LogP contribution in [0.15, 0.2) is 6.20 Å². The number of hydrogen-bond donors (Lipinski definition) is 2. The van der Waals surface area contributed by atoms with Crippen molar-refractivity contribution in [3.8, 4) is 0 Å². The molecule has 2 atom stereocenters. The Labute approximate surface area is 186 Å². The number of primary amides is 1. The molecule has 32 heavy (non-hydrogen) atoms. The molecule has 1 aromatic rings. The van der Waals surface area contributed by atoms with E-state index in [-0.39, 0.29) is 37.4 Å². The van der Waals surface area contributed by atoms with Crippen molar-refractivity contribution in [2.75, 3.05) is 32.8 Å². The molecule has 2 aliphatic rings. The van der Waals surface area contributed by atoms with Crippen molar-refractivity contribution in [1.29, 1.82) is 0 Å². The molecule has 2 fully saturated rings. The van der Waals surface area contributed by atoms with E-state index in [1.54, 1.807) is 11.1 Å². The SMILES string of the molecule is CC(C)(C)C(NC(N)=O)C(=O)N1CC(C(F)Cn2cc(CN3CCOCCC3=O)nn2)C1. The van der Waals surface area contributed by atoms with E-state index < -0.39 is 23.7 Å². The molecule has 4 amide bonds. The normalized spacial score (nSPS) is 19.8. The van der Waals surface area contributed by atoms with Crippen molar-refractivity contribution in [1.82, 2.24) is 30.1 Å². The third kappa shape index (κ3) is 5.93. The molecule has 1 aromatic heterocycles. The highest BCUT2D eigenvalue weighted by atomic mass is 19.1. The number of nitrogens with two attached hydrogens (primary N) is 1. The quantitative estimate of drug-likeness (QED) is 0.592. The fourth-order valence-corrected chi connectivity index (χ4v) is 3.80. The van der Waals surface area contributed by atoms with E-state index in [1.165, 1.54) is 9.58 Å². The molecule has 3 N–H and O–H groups in total. The number of rotatable bonds is 7. The summed E-state index contributed by atoms with van der Waals surface area (Å²) in [7, 11) is 0. The summed E-state index contributed by atoms with van der Waals surface area (Å²) in [6.07, 6.45) is 0.765. The molecule has 0 bridgehead atoms. The lowest BCUT2D eigenvalue weighted by atomic mass is 9.84. The highest BCUT2D eigenvalue weighted by molar-refractivity contribution is 5.87. The molecule has 2 aliphatic heterocycles. The summed E-state index contributed by atoms with van der Waals surface area (Å²) >= 11 is 0. The van der Waals surface area contributed by atoms with Crippen LogP contribution in [0.25, 0.3) is 0 Å². The first-order valence-electron chi connectivity index (χ1n) is 10.8. The van der Waals surface area contributed by atoms with E-state index in [0.717, 1.165) is 0 Å². The summed E-state index contributed by atoms with van der Waals surface area (Å²) in [5, 5.41) is 10.5. The van der Waals surface area contributed by atoms with E-state index in [1.807, 2.05) is 20.8 Å². The van der Waals surface area contributed by atoms with Gasteiger partial charge < -0.3 is 25.6 Å². The topological polar surface area (TPSA) is 136 Å². The van der Waals surface area contributed by atoms with Gasteiger partial charge in [0.2, 0.25) is 11.8 Å². The first-order chi connectivity index (χ1) is 15.0. The van der Waals surface area contributed by atoms with Gasteiger partial charge in [-0.25, -0.2) is 13.9 Å². The maximum Gasteiger partial charge on any atom is 0.312 e. The van der Waals surface area contributed by atoms with Gasteiger partial charge in [0.25, 0.3) is 0 Å². The van der Waals surface area contributed by atoms with E-state index in [9.17, 15) is 18.8 Å². The molecular weight excluding hydrogens is 421 g/mol. The second-order valence-corrected chi connectivity index (χ2v) is 9.44. The molecule has 0 aromatic carbocycles. The van der Waals surface area contributed by atoms with E-state index in [4.69, 9.17) is 10.5 Å². The van der Waals surface area contributed by atoms with Gasteiger partial charge in [0.15, 0.2) is 0 Å². The Kier molecular flexibility index (Phi) is 7.32. The van der Waals surface area contributed by atoms with E-state index in [2.05, 4.69) is 15.6 Å². The number of nitrogens with one attached hydrogen (secondary N) is 1. The summed E-state index contributed by atoms with van der Waals surface area (Å²) in [6.45, 7) is 7.72. The Morgan fingerprint density at radius 3 is 2.72 bits per heavy atom. The van der Waals surface area contributed by atoms with Gasteiger partial charge in [0.05, 0.1) is 38.9 Å². The number of urea groups is 1. The Bertz CT molecular complexity index is 834.